The Labute approximate surface area is 102 Å². The number of ether oxygens (including phenoxy) is 1. The molecule has 17 heavy (non-hydrogen) atoms. The number of carbonyl (C=O) groups is 2. The van der Waals surface area contributed by atoms with Crippen LogP contribution in [0.2, 0.25) is 0 Å². The topological polar surface area (TPSA) is 79.2 Å². The Kier molecular flexibility index (Phi) is 6.95. The van der Waals surface area contributed by atoms with Crippen molar-refractivity contribution in [1.82, 2.24) is 5.32 Å². The Hall–Kier alpha value is -1.57. The van der Waals surface area contributed by atoms with Crippen molar-refractivity contribution in [2.24, 2.45) is 11.8 Å². The van der Waals surface area contributed by atoms with Crippen LogP contribution in [0.15, 0.2) is 0 Å². The van der Waals surface area contributed by atoms with E-state index in [2.05, 4.69) is 10.1 Å². The van der Waals surface area contributed by atoms with Gasteiger partial charge in [0.1, 0.15) is 6.04 Å². The van der Waals surface area contributed by atoms with E-state index >= 15 is 0 Å². The van der Waals surface area contributed by atoms with Gasteiger partial charge < -0.3 is 10.1 Å². The highest BCUT2D eigenvalue weighted by Crippen LogP contribution is 2.07. The summed E-state index contributed by atoms with van der Waals surface area (Å²) in [5.41, 5.74) is 0. The molecule has 5 nitrogen and oxygen atoms in total. The molecule has 1 amide bonds. The van der Waals surface area contributed by atoms with Crippen LogP contribution in [0.4, 0.5) is 0 Å². The quantitative estimate of drug-likeness (QED) is 0.708. The van der Waals surface area contributed by atoms with E-state index in [0.717, 1.165) is 0 Å². The summed E-state index contributed by atoms with van der Waals surface area (Å²) < 4.78 is 4.60. The van der Waals surface area contributed by atoms with Crippen LogP contribution < -0.4 is 5.32 Å². The van der Waals surface area contributed by atoms with Crippen molar-refractivity contribution < 1.29 is 14.3 Å². The second kappa shape index (κ2) is 7.66. The fraction of sp³-hybridized carbons (Fsp3) is 0.750. The van der Waals surface area contributed by atoms with Gasteiger partial charge in [-0.2, -0.15) is 5.26 Å². The molecule has 0 spiro atoms. The largest absolute Gasteiger partial charge is 0.467 e. The van der Waals surface area contributed by atoms with Crippen molar-refractivity contribution in [3.05, 3.63) is 0 Å². The molecule has 0 aromatic carbocycles. The zero-order valence-electron chi connectivity index (χ0n) is 10.8. The zero-order valence-corrected chi connectivity index (χ0v) is 10.8. The van der Waals surface area contributed by atoms with Gasteiger partial charge in [0.15, 0.2) is 0 Å². The molecular weight excluding hydrogens is 220 g/mol. The van der Waals surface area contributed by atoms with E-state index < -0.39 is 12.0 Å². The monoisotopic (exact) mass is 240 g/mol. The first kappa shape index (κ1) is 15.4. The molecule has 0 heterocycles. The number of hydrogen-bond donors (Lipinski definition) is 1. The minimum absolute atomic E-state index is 0.194. The Bertz CT molecular complexity index is 307. The number of hydrogen-bond acceptors (Lipinski definition) is 4. The molecule has 0 saturated carbocycles. The molecule has 0 saturated heterocycles. The van der Waals surface area contributed by atoms with E-state index in [1.807, 2.05) is 19.9 Å². The predicted octanol–water partition coefficient (Wildman–Crippen LogP) is 1.24. The molecule has 0 unspecified atom stereocenters. The van der Waals surface area contributed by atoms with Crippen LogP contribution >= 0.6 is 0 Å². The van der Waals surface area contributed by atoms with Crippen LogP contribution in [0.25, 0.3) is 0 Å². The molecule has 2 atom stereocenters. The van der Waals surface area contributed by atoms with E-state index in [1.165, 1.54) is 7.11 Å². The van der Waals surface area contributed by atoms with Gasteiger partial charge in [0, 0.05) is 12.3 Å². The summed E-state index contributed by atoms with van der Waals surface area (Å²) in [5.74, 6) is -0.787. The fourth-order valence-corrected chi connectivity index (χ4v) is 1.39. The van der Waals surface area contributed by atoms with Gasteiger partial charge in [0.05, 0.1) is 13.2 Å². The lowest BCUT2D eigenvalue weighted by Crippen LogP contribution is -2.42. The van der Waals surface area contributed by atoms with Crippen LogP contribution in [0.1, 0.15) is 33.6 Å². The van der Waals surface area contributed by atoms with Crippen molar-refractivity contribution in [3.63, 3.8) is 0 Å². The first-order chi connectivity index (χ1) is 7.90. The molecule has 0 aromatic rings. The molecule has 0 bridgehead atoms. The molecule has 0 aromatic heterocycles. The lowest BCUT2D eigenvalue weighted by molar-refractivity contribution is -0.145. The minimum atomic E-state index is -0.735. The van der Waals surface area contributed by atoms with E-state index in [0.29, 0.717) is 6.42 Å². The van der Waals surface area contributed by atoms with Crippen molar-refractivity contribution in [2.45, 2.75) is 39.7 Å². The lowest BCUT2D eigenvalue weighted by Gasteiger charge is -2.17. The average molecular weight is 240 g/mol. The lowest BCUT2D eigenvalue weighted by atomic mass is 10.0. The van der Waals surface area contributed by atoms with Crippen LogP contribution in [0, 0.1) is 23.2 Å². The fourth-order valence-electron chi connectivity index (χ4n) is 1.39. The molecule has 0 fully saturated rings. The van der Waals surface area contributed by atoms with Crippen molar-refractivity contribution >= 4 is 11.9 Å². The van der Waals surface area contributed by atoms with Crippen molar-refractivity contribution in [2.75, 3.05) is 7.11 Å². The molecule has 0 rings (SSSR count). The summed E-state index contributed by atoms with van der Waals surface area (Å²) in [6.45, 7) is 5.54. The highest BCUT2D eigenvalue weighted by Gasteiger charge is 2.23. The molecule has 0 aliphatic heterocycles. The number of nitriles is 1. The normalized spacial score (nSPS) is 13.6. The molecule has 0 radical (unpaired) electrons. The van der Waals surface area contributed by atoms with E-state index in [4.69, 9.17) is 5.26 Å². The van der Waals surface area contributed by atoms with E-state index in [-0.39, 0.29) is 24.2 Å². The predicted molar refractivity (Wildman–Crippen MR) is 62.8 cm³/mol. The van der Waals surface area contributed by atoms with Crippen LogP contribution in [-0.2, 0) is 14.3 Å². The summed E-state index contributed by atoms with van der Waals surface area (Å²) in [6, 6.07) is 1.29. The van der Waals surface area contributed by atoms with Crippen LogP contribution in [0.3, 0.4) is 0 Å². The van der Waals surface area contributed by atoms with Crippen molar-refractivity contribution in [1.29, 1.82) is 5.26 Å². The summed E-state index contributed by atoms with van der Waals surface area (Å²) >= 11 is 0. The van der Waals surface area contributed by atoms with Gasteiger partial charge in [-0.1, -0.05) is 13.8 Å². The molecule has 5 heteroatoms. The number of nitrogens with zero attached hydrogens (tertiary/aromatic N) is 1. The molecule has 1 N–H and O–H groups in total. The first-order valence-electron chi connectivity index (χ1n) is 5.67. The molecule has 96 valence electrons. The summed E-state index contributed by atoms with van der Waals surface area (Å²) in [6.07, 6.45) is 0.626. The Morgan fingerprint density at radius 2 is 1.94 bits per heavy atom. The Balaban J connectivity index is 4.44. The number of carbonyl (C=O) groups excluding carboxylic acids is 2. The minimum Gasteiger partial charge on any atom is -0.467 e. The average Bonchev–Trinajstić information content (AvgIpc) is 2.25. The van der Waals surface area contributed by atoms with Gasteiger partial charge in [-0.3, -0.25) is 4.79 Å². The SMILES string of the molecule is COC(=O)[C@@H](C[C@H](C)C#N)NC(=O)CC(C)C. The van der Waals surface area contributed by atoms with Crippen LogP contribution in [-0.4, -0.2) is 25.0 Å². The van der Waals surface area contributed by atoms with Crippen molar-refractivity contribution in [3.8, 4) is 6.07 Å². The van der Waals surface area contributed by atoms with Crippen LogP contribution in [0.5, 0.6) is 0 Å². The Morgan fingerprint density at radius 3 is 2.35 bits per heavy atom. The first-order valence-corrected chi connectivity index (χ1v) is 5.67. The summed E-state index contributed by atoms with van der Waals surface area (Å²) in [4.78, 5) is 23.0. The maximum absolute atomic E-state index is 11.6. The van der Waals surface area contributed by atoms with E-state index in [1.54, 1.807) is 6.92 Å². The van der Waals surface area contributed by atoms with Gasteiger partial charge in [-0.15, -0.1) is 0 Å². The highest BCUT2D eigenvalue weighted by molar-refractivity contribution is 5.84. The zero-order chi connectivity index (χ0) is 13.4. The van der Waals surface area contributed by atoms with E-state index in [9.17, 15) is 9.59 Å². The molecule has 0 aliphatic rings. The molecule has 0 aliphatic carbocycles. The highest BCUT2D eigenvalue weighted by atomic mass is 16.5. The van der Waals surface area contributed by atoms with Gasteiger partial charge in [0.25, 0.3) is 0 Å². The third kappa shape index (κ3) is 6.56. The van der Waals surface area contributed by atoms with Gasteiger partial charge in [-0.05, 0) is 19.3 Å². The smallest absolute Gasteiger partial charge is 0.328 e. The number of amides is 1. The third-order valence-electron chi connectivity index (χ3n) is 2.22. The third-order valence-corrected chi connectivity index (χ3v) is 2.22. The van der Waals surface area contributed by atoms with Gasteiger partial charge in [-0.25, -0.2) is 4.79 Å². The maximum atomic E-state index is 11.6. The number of methoxy groups -OCH3 is 1. The number of esters is 1. The molecular formula is C12H20N2O3. The van der Waals surface area contributed by atoms with Gasteiger partial charge >= 0.3 is 5.97 Å². The second-order valence-electron chi connectivity index (χ2n) is 4.51. The maximum Gasteiger partial charge on any atom is 0.328 e. The second-order valence-corrected chi connectivity index (χ2v) is 4.51. The number of rotatable bonds is 6. The summed E-state index contributed by atoms with van der Waals surface area (Å²) in [5, 5.41) is 11.3. The summed E-state index contributed by atoms with van der Waals surface area (Å²) in [7, 11) is 1.26. The van der Waals surface area contributed by atoms with Gasteiger partial charge in [0.2, 0.25) is 5.91 Å². The standard InChI is InChI=1S/C12H20N2O3/c1-8(2)5-11(15)14-10(12(16)17-4)6-9(3)7-13/h8-10H,5-6H2,1-4H3,(H,14,15)/t9-,10+/m0/s1. The number of nitrogens with one attached hydrogen (secondary N) is 1. The Morgan fingerprint density at radius 1 is 1.35 bits per heavy atom.